The van der Waals surface area contributed by atoms with Gasteiger partial charge in [-0.2, -0.15) is 0 Å². The Kier molecular flexibility index (Phi) is 5.07. The van der Waals surface area contributed by atoms with Crippen LogP contribution in [0.3, 0.4) is 0 Å². The Morgan fingerprint density at radius 2 is 2.12 bits per heavy atom. The van der Waals surface area contributed by atoms with E-state index in [1.807, 2.05) is 0 Å². The molecule has 7 heteroatoms. The predicted octanol–water partition coefficient (Wildman–Crippen LogP) is 0.596. The molecule has 1 aromatic rings. The van der Waals surface area contributed by atoms with Crippen molar-refractivity contribution in [3.63, 3.8) is 0 Å². The highest BCUT2D eigenvalue weighted by Gasteiger charge is 2.14. The molecule has 1 aromatic heterocycles. The van der Waals surface area contributed by atoms with Gasteiger partial charge in [-0.1, -0.05) is 6.92 Å². The Balaban J connectivity index is 2.66. The van der Waals surface area contributed by atoms with Crippen molar-refractivity contribution in [3.05, 3.63) is 18.5 Å². The fourth-order valence-electron chi connectivity index (χ4n) is 1.33. The Hall–Kier alpha value is -0.950. The Morgan fingerprint density at radius 1 is 1.41 bits per heavy atom. The van der Waals surface area contributed by atoms with E-state index in [2.05, 4.69) is 4.98 Å². The first-order valence-electron chi connectivity index (χ1n) is 5.24. The van der Waals surface area contributed by atoms with E-state index in [1.54, 1.807) is 13.0 Å². The van der Waals surface area contributed by atoms with Gasteiger partial charge in [0.1, 0.15) is 0 Å². The molecule has 0 radical (unpaired) electrons. The summed E-state index contributed by atoms with van der Waals surface area (Å²) in [7, 11) is -4.49. The molecule has 1 rings (SSSR count). The highest BCUT2D eigenvalue weighted by atomic mass is 32.2. The van der Waals surface area contributed by atoms with E-state index in [-0.39, 0.29) is 17.3 Å². The third-order valence-electron chi connectivity index (χ3n) is 2.15. The van der Waals surface area contributed by atoms with Crippen LogP contribution in [0.4, 0.5) is 5.69 Å². The number of pyridine rings is 1. The quantitative estimate of drug-likeness (QED) is 0.821. The second-order valence-electron chi connectivity index (χ2n) is 3.61. The molecule has 96 valence electrons. The van der Waals surface area contributed by atoms with Gasteiger partial charge in [0, 0.05) is 17.7 Å². The topological polar surface area (TPSA) is 90.1 Å². The molecule has 0 aliphatic rings. The van der Waals surface area contributed by atoms with E-state index in [0.29, 0.717) is 17.0 Å². The molecular weight excluding hydrogens is 260 g/mol. The number of hydrogen-bond donors (Lipinski definition) is 1. The number of hydrogen-bond acceptors (Lipinski definition) is 5. The summed E-state index contributed by atoms with van der Waals surface area (Å²) in [5.74, 6) is 0.141. The number of sulfone groups is 1. The molecule has 0 saturated heterocycles. The molecule has 0 fully saturated rings. The van der Waals surface area contributed by atoms with Gasteiger partial charge in [-0.3, -0.25) is 9.19 Å². The van der Waals surface area contributed by atoms with Crippen molar-refractivity contribution in [2.45, 2.75) is 18.2 Å². The van der Waals surface area contributed by atoms with Crippen LogP contribution in [0.2, 0.25) is 0 Å². The van der Waals surface area contributed by atoms with E-state index < -0.39 is 20.6 Å². The van der Waals surface area contributed by atoms with Crippen LogP contribution in [0.25, 0.3) is 0 Å². The third kappa shape index (κ3) is 4.43. The summed E-state index contributed by atoms with van der Waals surface area (Å²) in [6.45, 7) is 1.80. The highest BCUT2D eigenvalue weighted by Crippen LogP contribution is 2.14. The molecule has 0 spiro atoms. The summed E-state index contributed by atoms with van der Waals surface area (Å²) in [5, 5.41) is 0. The van der Waals surface area contributed by atoms with E-state index >= 15 is 0 Å². The van der Waals surface area contributed by atoms with Gasteiger partial charge in [0.15, 0.2) is 9.84 Å². The van der Waals surface area contributed by atoms with Crippen molar-refractivity contribution in [1.29, 1.82) is 0 Å². The lowest BCUT2D eigenvalue weighted by Gasteiger charge is -2.05. The third-order valence-corrected chi connectivity index (χ3v) is 5.70. The molecule has 1 atom stereocenters. The van der Waals surface area contributed by atoms with Gasteiger partial charge in [0.2, 0.25) is 0 Å². The van der Waals surface area contributed by atoms with Gasteiger partial charge in [0.05, 0.1) is 33.3 Å². The second-order valence-corrected chi connectivity index (χ2v) is 7.46. The Bertz CT molecular complexity index is 500. The highest BCUT2D eigenvalue weighted by molar-refractivity contribution is 7.93. The summed E-state index contributed by atoms with van der Waals surface area (Å²) in [6.07, 6.45) is 3.48. The summed E-state index contributed by atoms with van der Waals surface area (Å²) in [6, 6.07) is 1.55. The number of aromatic nitrogens is 1. The minimum Gasteiger partial charge on any atom is -0.396 e. The molecule has 0 amide bonds. The first-order valence-corrected chi connectivity index (χ1v) is 8.38. The lowest BCUT2D eigenvalue weighted by Crippen LogP contribution is -2.16. The largest absolute Gasteiger partial charge is 0.396 e. The molecule has 0 aromatic carbocycles. The molecular formula is C10H16N2O3S2. The normalized spacial score (nSPS) is 13.5. The van der Waals surface area contributed by atoms with E-state index in [0.717, 1.165) is 0 Å². The monoisotopic (exact) mass is 276 g/mol. The van der Waals surface area contributed by atoms with Crippen molar-refractivity contribution >= 4 is 26.3 Å². The molecule has 0 bridgehead atoms. The van der Waals surface area contributed by atoms with Crippen LogP contribution in [0.15, 0.2) is 23.4 Å². The number of anilines is 1. The zero-order valence-corrected chi connectivity index (χ0v) is 11.3. The fourth-order valence-corrected chi connectivity index (χ4v) is 4.52. The van der Waals surface area contributed by atoms with E-state index in [9.17, 15) is 12.6 Å². The zero-order valence-electron chi connectivity index (χ0n) is 9.63. The summed E-state index contributed by atoms with van der Waals surface area (Å²) >= 11 is 0. The first-order chi connectivity index (χ1) is 7.96. The minimum atomic E-state index is -3.10. The standard InChI is InChI=1S/C10H16N2O3S2/c1-2-6-17(14,15)7-5-16(13)10-3-4-12-8-9(10)11/h3-4,8H,2,5-7,11H2,1H3. The van der Waals surface area contributed by atoms with Crippen LogP contribution >= 0.6 is 0 Å². The smallest absolute Gasteiger partial charge is 0.151 e. The molecule has 1 heterocycles. The number of nitrogens with two attached hydrogens (primary N) is 1. The SMILES string of the molecule is CCCS(=O)(=O)CCS(=O)c1ccncc1N. The fraction of sp³-hybridized carbons (Fsp3) is 0.500. The van der Waals surface area contributed by atoms with Gasteiger partial charge in [-0.25, -0.2) is 8.42 Å². The van der Waals surface area contributed by atoms with Crippen LogP contribution in [0, 0.1) is 0 Å². The predicted molar refractivity (Wildman–Crippen MR) is 68.9 cm³/mol. The van der Waals surface area contributed by atoms with Crippen LogP contribution in [-0.4, -0.2) is 34.9 Å². The molecule has 17 heavy (non-hydrogen) atoms. The van der Waals surface area contributed by atoms with Crippen molar-refractivity contribution in [2.75, 3.05) is 23.0 Å². The molecule has 0 aliphatic heterocycles. The van der Waals surface area contributed by atoms with Crippen LogP contribution < -0.4 is 5.73 Å². The van der Waals surface area contributed by atoms with Crippen molar-refractivity contribution < 1.29 is 12.6 Å². The molecule has 0 saturated carbocycles. The molecule has 2 N–H and O–H groups in total. The van der Waals surface area contributed by atoms with Crippen LogP contribution in [-0.2, 0) is 20.6 Å². The summed E-state index contributed by atoms with van der Waals surface area (Å²) in [5.41, 5.74) is 5.95. The van der Waals surface area contributed by atoms with Crippen LogP contribution in [0.1, 0.15) is 13.3 Å². The lowest BCUT2D eigenvalue weighted by atomic mass is 10.4. The van der Waals surface area contributed by atoms with Gasteiger partial charge in [-0.15, -0.1) is 0 Å². The van der Waals surface area contributed by atoms with Gasteiger partial charge < -0.3 is 5.73 Å². The van der Waals surface area contributed by atoms with Gasteiger partial charge >= 0.3 is 0 Å². The maximum absolute atomic E-state index is 11.9. The summed E-state index contributed by atoms with van der Waals surface area (Å²) < 4.78 is 34.8. The van der Waals surface area contributed by atoms with Crippen molar-refractivity contribution in [2.24, 2.45) is 0 Å². The average Bonchev–Trinajstić information content (AvgIpc) is 2.27. The Morgan fingerprint density at radius 3 is 2.71 bits per heavy atom. The maximum atomic E-state index is 11.9. The molecule has 5 nitrogen and oxygen atoms in total. The van der Waals surface area contributed by atoms with Crippen molar-refractivity contribution in [3.8, 4) is 0 Å². The summed E-state index contributed by atoms with van der Waals surface area (Å²) in [4.78, 5) is 4.24. The van der Waals surface area contributed by atoms with E-state index in [1.165, 1.54) is 12.4 Å². The number of nitrogen functional groups attached to an aromatic ring is 1. The van der Waals surface area contributed by atoms with Gasteiger partial charge in [0.25, 0.3) is 0 Å². The Labute approximate surface area is 104 Å². The second kappa shape index (κ2) is 6.11. The van der Waals surface area contributed by atoms with Crippen molar-refractivity contribution in [1.82, 2.24) is 4.98 Å². The lowest BCUT2D eigenvalue weighted by molar-refractivity contribution is 0.595. The first kappa shape index (κ1) is 14.1. The number of nitrogens with zero attached hydrogens (tertiary/aromatic N) is 1. The maximum Gasteiger partial charge on any atom is 0.151 e. The van der Waals surface area contributed by atoms with Crippen LogP contribution in [0.5, 0.6) is 0 Å². The molecule has 1 unspecified atom stereocenters. The van der Waals surface area contributed by atoms with E-state index in [4.69, 9.17) is 5.73 Å². The van der Waals surface area contributed by atoms with Gasteiger partial charge in [-0.05, 0) is 12.5 Å². The minimum absolute atomic E-state index is 0.0742. The molecule has 0 aliphatic carbocycles. The number of rotatable bonds is 6. The average molecular weight is 276 g/mol. The zero-order chi connectivity index (χ0) is 12.9.